The molecule has 1 saturated carbocycles. The molecule has 0 spiro atoms. The molecule has 0 aliphatic heterocycles. The zero-order valence-electron chi connectivity index (χ0n) is 12.9. The summed E-state index contributed by atoms with van der Waals surface area (Å²) >= 11 is 2.03. The maximum atomic E-state index is 5.24. The van der Waals surface area contributed by atoms with Crippen molar-refractivity contribution in [1.82, 2.24) is 5.32 Å². The van der Waals surface area contributed by atoms with E-state index in [9.17, 15) is 0 Å². The Morgan fingerprint density at radius 3 is 2.55 bits per heavy atom. The Morgan fingerprint density at radius 2 is 1.95 bits per heavy atom. The smallest absolute Gasteiger partial charge is 0.118 e. The molecule has 112 valence electrons. The summed E-state index contributed by atoms with van der Waals surface area (Å²) in [5, 5.41) is 4.67. The van der Waals surface area contributed by atoms with E-state index >= 15 is 0 Å². The minimum atomic E-state index is 0.457. The van der Waals surface area contributed by atoms with Crippen LogP contribution in [0.1, 0.15) is 50.6 Å². The predicted molar refractivity (Wildman–Crippen MR) is 88.7 cm³/mol. The molecule has 0 aromatic heterocycles. The number of methoxy groups -OCH3 is 1. The number of benzene rings is 1. The standard InChI is InChI=1S/C17H27NOS/c1-4-15(13-9-11-14(19-2)12-10-13)18-16-7-5-6-8-17(16)20-3/h9-12,15-18H,4-8H2,1-3H3. The molecule has 1 N–H and O–H groups in total. The lowest BCUT2D eigenvalue weighted by atomic mass is 9.93. The van der Waals surface area contributed by atoms with Crippen molar-refractivity contribution in [3.63, 3.8) is 0 Å². The molecule has 20 heavy (non-hydrogen) atoms. The Bertz CT molecular complexity index is 392. The maximum Gasteiger partial charge on any atom is 0.118 e. The van der Waals surface area contributed by atoms with E-state index in [2.05, 4.69) is 42.8 Å². The van der Waals surface area contributed by atoms with Gasteiger partial charge >= 0.3 is 0 Å². The van der Waals surface area contributed by atoms with Crippen LogP contribution in [0.15, 0.2) is 24.3 Å². The third kappa shape index (κ3) is 3.92. The summed E-state index contributed by atoms with van der Waals surface area (Å²) < 4.78 is 5.24. The third-order valence-electron chi connectivity index (χ3n) is 4.35. The summed E-state index contributed by atoms with van der Waals surface area (Å²) in [7, 11) is 1.72. The van der Waals surface area contributed by atoms with Crippen molar-refractivity contribution in [2.45, 2.75) is 56.4 Å². The lowest BCUT2D eigenvalue weighted by Crippen LogP contribution is -2.42. The summed E-state index contributed by atoms with van der Waals surface area (Å²) in [5.41, 5.74) is 1.37. The fourth-order valence-corrected chi connectivity index (χ4v) is 4.06. The summed E-state index contributed by atoms with van der Waals surface area (Å²) in [6.07, 6.45) is 8.82. The van der Waals surface area contributed by atoms with Gasteiger partial charge in [0.25, 0.3) is 0 Å². The van der Waals surface area contributed by atoms with Gasteiger partial charge in [-0.15, -0.1) is 0 Å². The van der Waals surface area contributed by atoms with Crippen LogP contribution in [-0.2, 0) is 0 Å². The quantitative estimate of drug-likeness (QED) is 0.839. The number of nitrogens with one attached hydrogen (secondary N) is 1. The fraction of sp³-hybridized carbons (Fsp3) is 0.647. The van der Waals surface area contributed by atoms with Gasteiger partial charge in [-0.25, -0.2) is 0 Å². The SMILES string of the molecule is CCC(NC1CCCCC1SC)c1ccc(OC)cc1. The topological polar surface area (TPSA) is 21.3 Å². The molecule has 1 aromatic carbocycles. The lowest BCUT2D eigenvalue weighted by Gasteiger charge is -2.34. The van der Waals surface area contributed by atoms with Gasteiger partial charge in [0, 0.05) is 17.3 Å². The van der Waals surface area contributed by atoms with Crippen molar-refractivity contribution in [3.05, 3.63) is 29.8 Å². The van der Waals surface area contributed by atoms with E-state index in [-0.39, 0.29) is 0 Å². The van der Waals surface area contributed by atoms with Crippen LogP contribution in [0.25, 0.3) is 0 Å². The van der Waals surface area contributed by atoms with Gasteiger partial charge in [0.05, 0.1) is 7.11 Å². The van der Waals surface area contributed by atoms with Crippen molar-refractivity contribution in [2.24, 2.45) is 0 Å². The first kappa shape index (κ1) is 15.7. The monoisotopic (exact) mass is 293 g/mol. The Kier molecular flexibility index (Phi) is 6.24. The molecular weight excluding hydrogens is 266 g/mol. The minimum absolute atomic E-state index is 0.457. The lowest BCUT2D eigenvalue weighted by molar-refractivity contribution is 0.343. The van der Waals surface area contributed by atoms with Crippen LogP contribution in [0.2, 0.25) is 0 Å². The maximum absolute atomic E-state index is 5.24. The van der Waals surface area contributed by atoms with Gasteiger partial charge in [0.15, 0.2) is 0 Å². The van der Waals surface area contributed by atoms with Crippen LogP contribution in [0.3, 0.4) is 0 Å². The van der Waals surface area contributed by atoms with Crippen LogP contribution in [-0.4, -0.2) is 24.7 Å². The van der Waals surface area contributed by atoms with E-state index in [1.54, 1.807) is 7.11 Å². The zero-order valence-corrected chi connectivity index (χ0v) is 13.7. The molecule has 2 nitrogen and oxygen atoms in total. The second-order valence-electron chi connectivity index (χ2n) is 5.57. The molecule has 2 rings (SSSR count). The van der Waals surface area contributed by atoms with Crippen LogP contribution in [0, 0.1) is 0 Å². The second-order valence-corrected chi connectivity index (χ2v) is 6.64. The average Bonchev–Trinajstić information content (AvgIpc) is 2.53. The van der Waals surface area contributed by atoms with Gasteiger partial charge in [0.1, 0.15) is 5.75 Å². The van der Waals surface area contributed by atoms with Crippen molar-refractivity contribution < 1.29 is 4.74 Å². The summed E-state index contributed by atoms with van der Waals surface area (Å²) in [6, 6.07) is 9.62. The molecule has 0 heterocycles. The van der Waals surface area contributed by atoms with Crippen molar-refractivity contribution in [1.29, 1.82) is 0 Å². The number of ether oxygens (including phenoxy) is 1. The summed E-state index contributed by atoms with van der Waals surface area (Å²) in [5.74, 6) is 0.934. The molecule has 1 aliphatic carbocycles. The van der Waals surface area contributed by atoms with Crippen molar-refractivity contribution >= 4 is 11.8 Å². The minimum Gasteiger partial charge on any atom is -0.497 e. The van der Waals surface area contributed by atoms with Gasteiger partial charge < -0.3 is 10.1 Å². The van der Waals surface area contributed by atoms with E-state index < -0.39 is 0 Å². The predicted octanol–water partition coefficient (Wildman–Crippen LogP) is 4.41. The van der Waals surface area contributed by atoms with Gasteiger partial charge in [-0.1, -0.05) is 31.9 Å². The van der Waals surface area contributed by atoms with Crippen LogP contribution in [0.4, 0.5) is 0 Å². The summed E-state index contributed by atoms with van der Waals surface area (Å²) in [4.78, 5) is 0. The van der Waals surface area contributed by atoms with E-state index in [1.165, 1.54) is 31.2 Å². The molecule has 0 amide bonds. The average molecular weight is 293 g/mol. The van der Waals surface area contributed by atoms with Crippen LogP contribution < -0.4 is 10.1 Å². The Hall–Kier alpha value is -0.670. The highest BCUT2D eigenvalue weighted by molar-refractivity contribution is 7.99. The molecule has 0 saturated heterocycles. The molecule has 3 heteroatoms. The Balaban J connectivity index is 2.03. The molecule has 3 atom stereocenters. The normalized spacial score (nSPS) is 24.4. The van der Waals surface area contributed by atoms with Crippen molar-refractivity contribution in [2.75, 3.05) is 13.4 Å². The van der Waals surface area contributed by atoms with Gasteiger partial charge in [-0.3, -0.25) is 0 Å². The van der Waals surface area contributed by atoms with Crippen molar-refractivity contribution in [3.8, 4) is 5.75 Å². The van der Waals surface area contributed by atoms with Crippen LogP contribution >= 0.6 is 11.8 Å². The number of thioether (sulfide) groups is 1. The highest BCUT2D eigenvalue weighted by Crippen LogP contribution is 2.30. The van der Waals surface area contributed by atoms with Gasteiger partial charge in [-0.05, 0) is 43.2 Å². The number of rotatable bonds is 6. The molecular formula is C17H27NOS. The largest absolute Gasteiger partial charge is 0.497 e. The number of hydrogen-bond donors (Lipinski definition) is 1. The molecule has 1 aliphatic rings. The molecule has 0 bridgehead atoms. The van der Waals surface area contributed by atoms with Gasteiger partial charge in [0.2, 0.25) is 0 Å². The van der Waals surface area contributed by atoms with E-state index in [1.807, 2.05) is 11.8 Å². The molecule has 0 radical (unpaired) electrons. The first-order valence-corrected chi connectivity index (χ1v) is 9.00. The Morgan fingerprint density at radius 1 is 1.25 bits per heavy atom. The molecule has 1 fully saturated rings. The first-order chi connectivity index (χ1) is 9.78. The third-order valence-corrected chi connectivity index (χ3v) is 5.52. The zero-order chi connectivity index (χ0) is 14.4. The highest BCUT2D eigenvalue weighted by atomic mass is 32.2. The number of hydrogen-bond acceptors (Lipinski definition) is 3. The van der Waals surface area contributed by atoms with E-state index in [0.29, 0.717) is 12.1 Å². The first-order valence-electron chi connectivity index (χ1n) is 7.71. The second kappa shape index (κ2) is 7.94. The fourth-order valence-electron chi connectivity index (χ4n) is 3.11. The molecule has 3 unspecified atom stereocenters. The summed E-state index contributed by atoms with van der Waals surface area (Å²) in [6.45, 7) is 2.26. The molecule has 1 aromatic rings. The highest BCUT2D eigenvalue weighted by Gasteiger charge is 2.26. The Labute approximate surface area is 127 Å². The van der Waals surface area contributed by atoms with Crippen LogP contribution in [0.5, 0.6) is 5.75 Å². The van der Waals surface area contributed by atoms with E-state index in [0.717, 1.165) is 17.4 Å². The van der Waals surface area contributed by atoms with Gasteiger partial charge in [-0.2, -0.15) is 11.8 Å². The van der Waals surface area contributed by atoms with E-state index in [4.69, 9.17) is 4.74 Å².